The molecule has 0 heterocycles. The molecule has 0 aliphatic carbocycles. The van der Waals surface area contributed by atoms with Gasteiger partial charge in [-0.25, -0.2) is 0 Å². The number of amides is 1. The van der Waals surface area contributed by atoms with Gasteiger partial charge in [-0.1, -0.05) is 0 Å². The zero-order valence-electron chi connectivity index (χ0n) is 11.5. The minimum Gasteiger partial charge on any atom is -0.479 e. The summed E-state index contributed by atoms with van der Waals surface area (Å²) < 4.78 is 5.15. The van der Waals surface area contributed by atoms with Crippen LogP contribution in [-0.4, -0.2) is 18.8 Å². The Balaban J connectivity index is 2.00. The van der Waals surface area contributed by atoms with Crippen molar-refractivity contribution in [3.63, 3.8) is 0 Å². The van der Waals surface area contributed by atoms with Crippen molar-refractivity contribution in [2.75, 3.05) is 18.2 Å². The van der Waals surface area contributed by atoms with E-state index < -0.39 is 0 Å². The molecular weight excluding hydrogens is 284 g/mol. The van der Waals surface area contributed by atoms with Crippen molar-refractivity contribution in [2.24, 2.45) is 0 Å². The molecule has 0 bridgehead atoms. The highest BCUT2D eigenvalue weighted by Crippen LogP contribution is 2.18. The topological polar surface area (TPSA) is 62.1 Å². The highest BCUT2D eigenvalue weighted by atomic mass is 32.2. The number of rotatable bonds is 5. The van der Waals surface area contributed by atoms with Crippen molar-refractivity contribution in [3.05, 3.63) is 54.1 Å². The second kappa shape index (κ2) is 7.36. The summed E-state index contributed by atoms with van der Waals surface area (Å²) in [6.45, 7) is 0.00744. The molecule has 2 aromatic carbocycles. The molecule has 21 heavy (non-hydrogen) atoms. The summed E-state index contributed by atoms with van der Waals surface area (Å²) in [5.41, 5.74) is 1.29. The van der Waals surface area contributed by atoms with Gasteiger partial charge in [0.2, 0.25) is 0 Å². The molecule has 1 N–H and O–H groups in total. The van der Waals surface area contributed by atoms with Crippen LogP contribution in [0, 0.1) is 11.3 Å². The van der Waals surface area contributed by atoms with E-state index in [4.69, 9.17) is 10.00 Å². The Morgan fingerprint density at radius 1 is 1.19 bits per heavy atom. The van der Waals surface area contributed by atoms with Gasteiger partial charge in [-0.15, -0.1) is 11.8 Å². The van der Waals surface area contributed by atoms with Crippen molar-refractivity contribution in [1.29, 1.82) is 5.26 Å². The summed E-state index contributed by atoms with van der Waals surface area (Å²) in [5, 5.41) is 11.2. The fraction of sp³-hybridized carbons (Fsp3) is 0.125. The molecule has 5 heteroatoms. The Hall–Kier alpha value is -2.45. The molecule has 0 fully saturated rings. The molecule has 0 atom stereocenters. The van der Waals surface area contributed by atoms with Crippen LogP contribution in [0.15, 0.2) is 53.4 Å². The lowest BCUT2D eigenvalue weighted by Gasteiger charge is -2.07. The average molecular weight is 298 g/mol. The molecule has 2 aromatic rings. The van der Waals surface area contributed by atoms with E-state index in [-0.39, 0.29) is 12.5 Å². The Morgan fingerprint density at radius 3 is 2.43 bits per heavy atom. The summed E-state index contributed by atoms with van der Waals surface area (Å²) >= 11 is 1.63. The largest absolute Gasteiger partial charge is 0.479 e. The third-order valence-electron chi connectivity index (χ3n) is 2.77. The van der Waals surface area contributed by atoms with Crippen LogP contribution < -0.4 is 10.1 Å². The molecule has 0 aliphatic rings. The maximum atomic E-state index is 12.1. The number of hydrogen-bond acceptors (Lipinski definition) is 4. The van der Waals surface area contributed by atoms with Gasteiger partial charge in [0.25, 0.3) is 5.91 Å². The fourth-order valence-electron chi connectivity index (χ4n) is 1.70. The maximum Gasteiger partial charge on any atom is 0.255 e. The van der Waals surface area contributed by atoms with Gasteiger partial charge in [0.1, 0.15) is 11.8 Å². The van der Waals surface area contributed by atoms with Gasteiger partial charge >= 0.3 is 0 Å². The Morgan fingerprint density at radius 2 is 1.86 bits per heavy atom. The molecule has 0 radical (unpaired) electrons. The SMILES string of the molecule is CSc1ccc(C(=O)Nc2ccc(OCC#N)cc2)cc1. The molecule has 0 unspecified atom stereocenters. The number of hydrogen-bond donors (Lipinski definition) is 1. The minimum absolute atomic E-state index is 0.00744. The summed E-state index contributed by atoms with van der Waals surface area (Å²) in [7, 11) is 0. The predicted molar refractivity (Wildman–Crippen MR) is 83.7 cm³/mol. The number of nitriles is 1. The second-order valence-electron chi connectivity index (χ2n) is 4.15. The van der Waals surface area contributed by atoms with Crippen molar-refractivity contribution in [2.45, 2.75) is 4.90 Å². The van der Waals surface area contributed by atoms with E-state index in [1.807, 2.05) is 24.5 Å². The molecule has 0 saturated carbocycles. The van der Waals surface area contributed by atoms with Crippen LogP contribution in [-0.2, 0) is 0 Å². The predicted octanol–water partition coefficient (Wildman–Crippen LogP) is 3.56. The van der Waals surface area contributed by atoms with Crippen molar-refractivity contribution >= 4 is 23.4 Å². The molecule has 2 rings (SSSR count). The normalized spacial score (nSPS) is 9.71. The smallest absolute Gasteiger partial charge is 0.255 e. The molecule has 106 valence electrons. The zero-order chi connectivity index (χ0) is 15.1. The van der Waals surface area contributed by atoms with Crippen molar-refractivity contribution in [3.8, 4) is 11.8 Å². The molecule has 0 saturated heterocycles. The van der Waals surface area contributed by atoms with Crippen LogP contribution >= 0.6 is 11.8 Å². The third kappa shape index (κ3) is 4.26. The van der Waals surface area contributed by atoms with Crippen LogP contribution in [0.25, 0.3) is 0 Å². The third-order valence-corrected chi connectivity index (χ3v) is 3.51. The van der Waals surface area contributed by atoms with Crippen LogP contribution in [0.2, 0.25) is 0 Å². The van der Waals surface area contributed by atoms with E-state index >= 15 is 0 Å². The second-order valence-corrected chi connectivity index (χ2v) is 5.03. The Kier molecular flexibility index (Phi) is 5.24. The lowest BCUT2D eigenvalue weighted by molar-refractivity contribution is 0.102. The van der Waals surface area contributed by atoms with Crippen LogP contribution in [0.1, 0.15) is 10.4 Å². The van der Waals surface area contributed by atoms with Gasteiger partial charge in [0, 0.05) is 16.1 Å². The van der Waals surface area contributed by atoms with Gasteiger partial charge in [-0.3, -0.25) is 4.79 Å². The fourth-order valence-corrected chi connectivity index (χ4v) is 2.10. The standard InChI is InChI=1S/C16H14N2O2S/c1-21-15-8-2-12(3-9-15)16(19)18-13-4-6-14(7-5-13)20-11-10-17/h2-9H,11H2,1H3,(H,18,19). The molecule has 1 amide bonds. The number of nitrogens with one attached hydrogen (secondary N) is 1. The van der Waals surface area contributed by atoms with Crippen LogP contribution in [0.5, 0.6) is 5.75 Å². The Labute approximate surface area is 127 Å². The van der Waals surface area contributed by atoms with Crippen molar-refractivity contribution in [1.82, 2.24) is 0 Å². The lowest BCUT2D eigenvalue weighted by Crippen LogP contribution is -2.11. The summed E-state index contributed by atoms with van der Waals surface area (Å²) in [5.74, 6) is 0.437. The molecule has 0 aromatic heterocycles. The van der Waals surface area contributed by atoms with E-state index in [1.54, 1.807) is 48.2 Å². The lowest BCUT2D eigenvalue weighted by atomic mass is 10.2. The minimum atomic E-state index is -0.159. The number of anilines is 1. The number of carbonyl (C=O) groups is 1. The number of ether oxygens (including phenoxy) is 1. The molecule has 4 nitrogen and oxygen atoms in total. The van der Waals surface area contributed by atoms with E-state index in [0.717, 1.165) is 4.90 Å². The molecule has 0 spiro atoms. The maximum absolute atomic E-state index is 12.1. The van der Waals surface area contributed by atoms with E-state index in [1.165, 1.54) is 0 Å². The molecular formula is C16H14N2O2S. The highest BCUT2D eigenvalue weighted by molar-refractivity contribution is 7.98. The van der Waals surface area contributed by atoms with Crippen LogP contribution in [0.4, 0.5) is 5.69 Å². The molecule has 0 aliphatic heterocycles. The number of nitrogens with zero attached hydrogens (tertiary/aromatic N) is 1. The van der Waals surface area contributed by atoms with Gasteiger partial charge in [0.15, 0.2) is 6.61 Å². The summed E-state index contributed by atoms with van der Waals surface area (Å²) in [4.78, 5) is 13.2. The quantitative estimate of drug-likeness (QED) is 0.857. The first-order valence-electron chi connectivity index (χ1n) is 6.28. The van der Waals surface area contributed by atoms with Gasteiger partial charge < -0.3 is 10.1 Å². The van der Waals surface area contributed by atoms with E-state index in [0.29, 0.717) is 17.0 Å². The first-order valence-corrected chi connectivity index (χ1v) is 7.50. The number of carbonyl (C=O) groups excluding carboxylic acids is 1. The van der Waals surface area contributed by atoms with Crippen molar-refractivity contribution < 1.29 is 9.53 Å². The average Bonchev–Trinajstić information content (AvgIpc) is 2.54. The monoisotopic (exact) mass is 298 g/mol. The highest BCUT2D eigenvalue weighted by Gasteiger charge is 2.06. The van der Waals surface area contributed by atoms with Gasteiger partial charge in [0.05, 0.1) is 0 Å². The zero-order valence-corrected chi connectivity index (χ0v) is 12.3. The van der Waals surface area contributed by atoms with E-state index in [9.17, 15) is 4.79 Å². The first kappa shape index (κ1) is 14.9. The number of thioether (sulfide) groups is 1. The summed E-state index contributed by atoms with van der Waals surface area (Å²) in [6, 6.07) is 16.2. The van der Waals surface area contributed by atoms with Gasteiger partial charge in [-0.2, -0.15) is 5.26 Å². The Bertz CT molecular complexity index is 645. The van der Waals surface area contributed by atoms with Crippen LogP contribution in [0.3, 0.4) is 0 Å². The number of benzene rings is 2. The van der Waals surface area contributed by atoms with E-state index in [2.05, 4.69) is 5.32 Å². The first-order chi connectivity index (χ1) is 10.2. The van der Waals surface area contributed by atoms with Gasteiger partial charge in [-0.05, 0) is 54.8 Å². The summed E-state index contributed by atoms with van der Waals surface area (Å²) in [6.07, 6.45) is 1.99.